The first-order valence-corrected chi connectivity index (χ1v) is 16.8. The first-order valence-electron chi connectivity index (χ1n) is 13.4. The average molecular weight is 684 g/mol. The lowest BCUT2D eigenvalue weighted by atomic mass is 10.1. The zero-order valence-electron chi connectivity index (χ0n) is 24.2. The molecule has 2 aromatic carbocycles. The fourth-order valence-corrected chi connectivity index (χ4v) is 7.24. The van der Waals surface area contributed by atoms with E-state index in [1.807, 2.05) is 6.92 Å². The van der Waals surface area contributed by atoms with Gasteiger partial charge in [-0.15, -0.1) is 11.3 Å². The minimum atomic E-state index is -4.13. The van der Waals surface area contributed by atoms with Crippen molar-refractivity contribution in [3.8, 4) is 23.3 Å². The van der Waals surface area contributed by atoms with E-state index < -0.39 is 30.8 Å². The highest BCUT2D eigenvalue weighted by molar-refractivity contribution is 7.91. The summed E-state index contributed by atoms with van der Waals surface area (Å²) in [5.74, 6) is -0.282. The normalized spacial score (nSPS) is 11.4. The van der Waals surface area contributed by atoms with Gasteiger partial charge in [0.2, 0.25) is 0 Å². The largest absolute Gasteiger partial charge is 0.751 e. The number of guanidine groups is 2. The van der Waals surface area contributed by atoms with Gasteiger partial charge in [-0.1, -0.05) is 11.4 Å². The second kappa shape index (κ2) is 16.7. The molecule has 3 aromatic rings. The average Bonchev–Trinajstić information content (AvgIpc) is 3.34. The van der Waals surface area contributed by atoms with E-state index >= 15 is 0 Å². The van der Waals surface area contributed by atoms with E-state index in [-0.39, 0.29) is 40.7 Å². The second-order valence-electron chi connectivity index (χ2n) is 9.02. The molecule has 0 aliphatic rings. The van der Waals surface area contributed by atoms with Gasteiger partial charge in [0.1, 0.15) is 16.1 Å². The predicted octanol–water partition coefficient (Wildman–Crippen LogP) is 2.55. The highest BCUT2D eigenvalue weighted by Crippen LogP contribution is 2.42. The molecule has 19 heteroatoms. The lowest BCUT2D eigenvalue weighted by molar-refractivity contribution is 0.266. The summed E-state index contributed by atoms with van der Waals surface area (Å²) >= 11 is 1.01. The Labute approximate surface area is 264 Å². The molecule has 1 atom stereocenters. The van der Waals surface area contributed by atoms with Crippen LogP contribution in [-0.2, 0) is 25.5 Å². The van der Waals surface area contributed by atoms with Crippen molar-refractivity contribution in [2.24, 2.45) is 32.9 Å². The molecule has 0 saturated carbocycles. The van der Waals surface area contributed by atoms with Crippen LogP contribution in [0, 0.1) is 17.1 Å². The quantitative estimate of drug-likeness (QED) is 0.0426. The van der Waals surface area contributed by atoms with Gasteiger partial charge in [0.05, 0.1) is 18.8 Å². The third-order valence-electron chi connectivity index (χ3n) is 5.79. The smallest absolute Gasteiger partial charge is 0.490 e. The number of hydrogen-bond acceptors (Lipinski definition) is 11. The van der Waals surface area contributed by atoms with Crippen LogP contribution < -0.4 is 41.7 Å². The van der Waals surface area contributed by atoms with Crippen molar-refractivity contribution in [3.05, 3.63) is 47.3 Å². The number of benzene rings is 2. The molecule has 0 amide bonds. The Balaban J connectivity index is 1.77. The van der Waals surface area contributed by atoms with Crippen LogP contribution in [0.1, 0.15) is 30.9 Å². The first kappa shape index (κ1) is 35.2. The molecule has 1 unspecified atom stereocenters. The number of nitrogens with one attached hydrogen (secondary N) is 1. The van der Waals surface area contributed by atoms with E-state index in [0.29, 0.717) is 59.5 Å². The molecule has 0 saturated heterocycles. The van der Waals surface area contributed by atoms with Crippen LogP contribution >= 0.6 is 19.6 Å². The molecule has 0 radical (unpaired) electrons. The van der Waals surface area contributed by atoms with Crippen LogP contribution in [0.4, 0.5) is 4.39 Å². The maximum Gasteiger partial charge on any atom is 0.751 e. The summed E-state index contributed by atoms with van der Waals surface area (Å²) in [6.07, 6.45) is 1.39. The Kier molecular flexibility index (Phi) is 13.1. The molecule has 0 spiro atoms. The molecule has 0 aliphatic heterocycles. The number of sulfonamides is 1. The standard InChI is InChI=1S/C26H33FN8O7PS2/c1-2-18-19-12-21(39-9-3-7-33-25(29)30)22(40-10-4-8-34-26(31)32)13-23(19)44-24(18)45(37,38)35-15-41-43(36)42-17-6-5-16(14-28)20(27)11-17/h5-6,11-13,35H,2-4,7-10,15H2,1H3,(H4,29,30,33)(H4,31,32,34)/q+1. The van der Waals surface area contributed by atoms with Gasteiger partial charge in [-0.3, -0.25) is 9.98 Å². The molecule has 0 bridgehead atoms. The van der Waals surface area contributed by atoms with Crippen molar-refractivity contribution in [1.29, 1.82) is 5.26 Å². The summed E-state index contributed by atoms with van der Waals surface area (Å²) in [7, 11) is -7.00. The van der Waals surface area contributed by atoms with Crippen molar-refractivity contribution in [2.45, 2.75) is 30.4 Å². The summed E-state index contributed by atoms with van der Waals surface area (Å²) in [6, 6.07) is 8.32. The topological polar surface area (TPSA) is 253 Å². The zero-order valence-corrected chi connectivity index (χ0v) is 26.7. The van der Waals surface area contributed by atoms with Crippen LogP contribution in [0.3, 0.4) is 0 Å². The number of thiophene rings is 1. The number of nitrogens with two attached hydrogens (primary N) is 4. The third kappa shape index (κ3) is 10.4. The molecule has 9 N–H and O–H groups in total. The van der Waals surface area contributed by atoms with Gasteiger partial charge in [-0.05, 0) is 30.2 Å². The summed E-state index contributed by atoms with van der Waals surface area (Å²) < 4.78 is 77.3. The maximum atomic E-state index is 13.8. The molecule has 3 rings (SSSR count). The van der Waals surface area contributed by atoms with E-state index in [1.165, 1.54) is 6.07 Å². The molecule has 0 fully saturated rings. The maximum absolute atomic E-state index is 13.8. The van der Waals surface area contributed by atoms with E-state index in [1.54, 1.807) is 18.2 Å². The Hall–Kier alpha value is -4.27. The molecule has 242 valence electrons. The van der Waals surface area contributed by atoms with E-state index in [0.717, 1.165) is 23.5 Å². The molecule has 0 aliphatic carbocycles. The van der Waals surface area contributed by atoms with Crippen molar-refractivity contribution >= 4 is 51.6 Å². The summed E-state index contributed by atoms with van der Waals surface area (Å²) in [6.45, 7) is 2.35. The number of aliphatic imine (C=N–C) groups is 2. The van der Waals surface area contributed by atoms with Gasteiger partial charge < -0.3 is 32.4 Å². The van der Waals surface area contributed by atoms with E-state index in [4.69, 9.17) is 46.7 Å². The van der Waals surface area contributed by atoms with Crippen LogP contribution in [0.15, 0.2) is 44.5 Å². The molecular formula is C26H33FN8O7PS2+. The molecule has 1 heterocycles. The van der Waals surface area contributed by atoms with Crippen molar-refractivity contribution in [2.75, 3.05) is 33.0 Å². The van der Waals surface area contributed by atoms with Gasteiger partial charge in [0, 0.05) is 52.7 Å². The fourth-order valence-electron chi connectivity index (χ4n) is 3.80. The fraction of sp³-hybridized carbons (Fsp3) is 0.346. The highest BCUT2D eigenvalue weighted by atomic mass is 32.2. The predicted molar refractivity (Wildman–Crippen MR) is 168 cm³/mol. The minimum Gasteiger partial charge on any atom is -0.490 e. The van der Waals surface area contributed by atoms with Gasteiger partial charge in [0.25, 0.3) is 10.0 Å². The number of aryl methyl sites for hydroxylation is 1. The molecule has 1 aromatic heterocycles. The number of halogens is 1. The zero-order chi connectivity index (χ0) is 33.0. The van der Waals surface area contributed by atoms with Crippen LogP contribution in [-0.4, -0.2) is 53.4 Å². The van der Waals surface area contributed by atoms with Crippen molar-refractivity contribution in [3.63, 3.8) is 0 Å². The number of nitriles is 1. The number of ether oxygens (including phenoxy) is 2. The lowest BCUT2D eigenvalue weighted by Gasteiger charge is -2.13. The first-order chi connectivity index (χ1) is 21.4. The summed E-state index contributed by atoms with van der Waals surface area (Å²) in [5.41, 5.74) is 21.8. The van der Waals surface area contributed by atoms with Gasteiger partial charge in [-0.25, -0.2) is 17.3 Å². The SMILES string of the molecule is CCc1c(S(=O)(=O)NCO[P+](=O)Oc2ccc(C#N)c(F)c2)sc2cc(OCCCN=C(N)N)c(OCCCN=C(N)N)cc12. The second-order valence-corrected chi connectivity index (χ2v) is 12.9. The van der Waals surface area contributed by atoms with E-state index in [2.05, 4.69) is 14.7 Å². The van der Waals surface area contributed by atoms with Crippen LogP contribution in [0.2, 0.25) is 0 Å². The molecular weight excluding hydrogens is 650 g/mol. The van der Waals surface area contributed by atoms with Crippen molar-refractivity contribution < 1.29 is 35.9 Å². The van der Waals surface area contributed by atoms with Gasteiger partial charge in [0.15, 0.2) is 35.9 Å². The monoisotopic (exact) mass is 683 g/mol. The number of rotatable bonds is 18. The summed E-state index contributed by atoms with van der Waals surface area (Å²) in [4.78, 5) is 7.86. The van der Waals surface area contributed by atoms with Crippen LogP contribution in [0.5, 0.6) is 17.2 Å². The van der Waals surface area contributed by atoms with Gasteiger partial charge >= 0.3 is 8.25 Å². The minimum absolute atomic E-state index is 0.0255. The number of fused-ring (bicyclic) bond motifs is 1. The van der Waals surface area contributed by atoms with Crippen molar-refractivity contribution in [1.82, 2.24) is 4.72 Å². The summed E-state index contributed by atoms with van der Waals surface area (Å²) in [5, 5.41) is 9.46. The highest BCUT2D eigenvalue weighted by Gasteiger charge is 2.28. The number of nitrogens with zero attached hydrogens (tertiary/aromatic N) is 3. The Bertz CT molecular complexity index is 1720. The molecule has 45 heavy (non-hydrogen) atoms. The Morgan fingerprint density at radius 3 is 2.22 bits per heavy atom. The number of hydrogen-bond donors (Lipinski definition) is 5. The molecule has 15 nitrogen and oxygen atoms in total. The third-order valence-corrected chi connectivity index (χ3v) is 9.62. The van der Waals surface area contributed by atoms with E-state index in [9.17, 15) is 17.4 Å². The van der Waals surface area contributed by atoms with Crippen LogP contribution in [0.25, 0.3) is 10.1 Å². The Morgan fingerprint density at radius 2 is 1.67 bits per heavy atom. The van der Waals surface area contributed by atoms with Gasteiger partial charge in [-0.2, -0.15) is 9.98 Å². The lowest BCUT2D eigenvalue weighted by Crippen LogP contribution is -2.25. The Morgan fingerprint density at radius 1 is 1.04 bits per heavy atom.